The molecule has 0 atom stereocenters. The lowest BCUT2D eigenvalue weighted by atomic mass is 10.1. The van der Waals surface area contributed by atoms with Gasteiger partial charge in [-0.2, -0.15) is 0 Å². The molecule has 2 rings (SSSR count). The zero-order chi connectivity index (χ0) is 7.84. The maximum atomic E-state index is 5.88. The van der Waals surface area contributed by atoms with E-state index in [1.807, 2.05) is 25.1 Å². The smallest absolute Gasteiger partial charge is 0.135 e. The van der Waals surface area contributed by atoms with Crippen LogP contribution >= 0.6 is 11.6 Å². The van der Waals surface area contributed by atoms with Gasteiger partial charge in [0.15, 0.2) is 0 Å². The third-order valence-corrected chi connectivity index (χ3v) is 2.04. The van der Waals surface area contributed by atoms with Crippen LogP contribution in [0, 0.1) is 6.92 Å². The minimum absolute atomic E-state index is 0.693. The molecule has 1 heterocycles. The van der Waals surface area contributed by atoms with Crippen LogP contribution in [0.4, 0.5) is 0 Å². The topological polar surface area (TPSA) is 13.1 Å². The van der Waals surface area contributed by atoms with Gasteiger partial charge in [0.25, 0.3) is 0 Å². The fourth-order valence-electron chi connectivity index (χ4n) is 1.22. The van der Waals surface area contributed by atoms with Gasteiger partial charge in [-0.05, 0) is 18.6 Å². The Morgan fingerprint density at radius 1 is 1.36 bits per heavy atom. The molecule has 0 unspecified atom stereocenters. The predicted molar refractivity (Wildman–Crippen MR) is 46.0 cm³/mol. The average molecular weight is 167 g/mol. The molecule has 0 amide bonds. The van der Waals surface area contributed by atoms with E-state index in [2.05, 4.69) is 0 Å². The minimum Gasteiger partial charge on any atom is -0.463 e. The lowest BCUT2D eigenvalue weighted by Gasteiger charge is -1.92. The van der Waals surface area contributed by atoms with E-state index in [1.165, 1.54) is 0 Å². The second-order valence-electron chi connectivity index (χ2n) is 2.53. The number of hydrogen-bond donors (Lipinski definition) is 0. The monoisotopic (exact) mass is 166 g/mol. The van der Waals surface area contributed by atoms with E-state index < -0.39 is 0 Å². The molecule has 0 aliphatic heterocycles. The van der Waals surface area contributed by atoms with E-state index in [1.54, 1.807) is 6.26 Å². The summed E-state index contributed by atoms with van der Waals surface area (Å²) < 4.78 is 5.20. The fourth-order valence-corrected chi connectivity index (χ4v) is 1.51. The van der Waals surface area contributed by atoms with Gasteiger partial charge in [-0.1, -0.05) is 23.7 Å². The SMILES string of the molecule is Cc1cccc2occ(Cl)c12. The molecule has 0 N–H and O–H groups in total. The Hall–Kier alpha value is -0.950. The van der Waals surface area contributed by atoms with E-state index in [4.69, 9.17) is 16.0 Å². The van der Waals surface area contributed by atoms with E-state index >= 15 is 0 Å². The average Bonchev–Trinajstić information content (AvgIpc) is 2.34. The van der Waals surface area contributed by atoms with Crippen molar-refractivity contribution < 1.29 is 4.42 Å². The first-order chi connectivity index (χ1) is 5.29. The standard InChI is InChI=1S/C9H7ClO/c1-6-3-2-4-8-9(6)7(10)5-11-8/h2-5H,1H3. The van der Waals surface area contributed by atoms with Crippen molar-refractivity contribution in [3.05, 3.63) is 35.0 Å². The summed E-state index contributed by atoms with van der Waals surface area (Å²) in [5, 5.41) is 1.72. The van der Waals surface area contributed by atoms with Crippen molar-refractivity contribution in [1.29, 1.82) is 0 Å². The van der Waals surface area contributed by atoms with Crippen LogP contribution < -0.4 is 0 Å². The normalized spacial score (nSPS) is 10.7. The first-order valence-corrected chi connectivity index (χ1v) is 3.79. The first-order valence-electron chi connectivity index (χ1n) is 3.41. The molecule has 0 spiro atoms. The quantitative estimate of drug-likeness (QED) is 0.585. The van der Waals surface area contributed by atoms with Crippen LogP contribution in [0.2, 0.25) is 5.02 Å². The largest absolute Gasteiger partial charge is 0.463 e. The predicted octanol–water partition coefficient (Wildman–Crippen LogP) is 3.39. The zero-order valence-corrected chi connectivity index (χ0v) is 6.85. The van der Waals surface area contributed by atoms with Crippen molar-refractivity contribution in [2.45, 2.75) is 6.92 Å². The number of fused-ring (bicyclic) bond motifs is 1. The highest BCUT2D eigenvalue weighted by atomic mass is 35.5. The van der Waals surface area contributed by atoms with Gasteiger partial charge in [0.1, 0.15) is 11.8 Å². The lowest BCUT2D eigenvalue weighted by Crippen LogP contribution is -1.71. The zero-order valence-electron chi connectivity index (χ0n) is 6.10. The molecule has 11 heavy (non-hydrogen) atoms. The van der Waals surface area contributed by atoms with Crippen LogP contribution in [0.3, 0.4) is 0 Å². The highest BCUT2D eigenvalue weighted by molar-refractivity contribution is 6.35. The molecule has 0 saturated carbocycles. The van der Waals surface area contributed by atoms with Crippen molar-refractivity contribution in [1.82, 2.24) is 0 Å². The summed E-state index contributed by atoms with van der Waals surface area (Å²) in [6.07, 6.45) is 1.57. The molecule has 2 aromatic rings. The molecule has 0 saturated heterocycles. The lowest BCUT2D eigenvalue weighted by molar-refractivity contribution is 0.616. The van der Waals surface area contributed by atoms with Gasteiger partial charge >= 0.3 is 0 Å². The van der Waals surface area contributed by atoms with Gasteiger partial charge in [-0.3, -0.25) is 0 Å². The molecular formula is C9H7ClO. The second kappa shape index (κ2) is 2.28. The van der Waals surface area contributed by atoms with Gasteiger partial charge in [-0.25, -0.2) is 0 Å². The third-order valence-electron chi connectivity index (χ3n) is 1.76. The maximum Gasteiger partial charge on any atom is 0.135 e. The fraction of sp³-hybridized carbons (Fsp3) is 0.111. The van der Waals surface area contributed by atoms with Gasteiger partial charge in [0, 0.05) is 5.39 Å². The summed E-state index contributed by atoms with van der Waals surface area (Å²) in [6.45, 7) is 2.02. The van der Waals surface area contributed by atoms with Gasteiger partial charge in [0.2, 0.25) is 0 Å². The third kappa shape index (κ3) is 0.925. The Morgan fingerprint density at radius 3 is 2.91 bits per heavy atom. The number of furan rings is 1. The Balaban J connectivity index is 2.96. The Labute approximate surface area is 69.6 Å². The summed E-state index contributed by atoms with van der Waals surface area (Å²) >= 11 is 5.88. The molecule has 1 aromatic carbocycles. The van der Waals surface area contributed by atoms with Gasteiger partial charge in [-0.15, -0.1) is 0 Å². The first kappa shape index (κ1) is 6.74. The molecule has 1 nitrogen and oxygen atoms in total. The highest BCUT2D eigenvalue weighted by Gasteiger charge is 2.04. The molecule has 0 bridgehead atoms. The summed E-state index contributed by atoms with van der Waals surface area (Å²) in [7, 11) is 0. The molecule has 0 aliphatic carbocycles. The van der Waals surface area contributed by atoms with Crippen molar-refractivity contribution in [3.8, 4) is 0 Å². The van der Waals surface area contributed by atoms with E-state index in [0.717, 1.165) is 16.5 Å². The van der Waals surface area contributed by atoms with Crippen molar-refractivity contribution in [2.75, 3.05) is 0 Å². The number of rotatable bonds is 0. The number of aryl methyl sites for hydroxylation is 1. The van der Waals surface area contributed by atoms with Crippen molar-refractivity contribution in [2.24, 2.45) is 0 Å². The Kier molecular flexibility index (Phi) is 1.40. The summed E-state index contributed by atoms with van der Waals surface area (Å²) in [4.78, 5) is 0. The Bertz CT molecular complexity index is 389. The second-order valence-corrected chi connectivity index (χ2v) is 2.94. The summed E-state index contributed by atoms with van der Waals surface area (Å²) in [5.41, 5.74) is 2.01. The Morgan fingerprint density at radius 2 is 2.18 bits per heavy atom. The molecule has 0 radical (unpaired) electrons. The van der Waals surface area contributed by atoms with E-state index in [9.17, 15) is 0 Å². The number of hydrogen-bond acceptors (Lipinski definition) is 1. The molecule has 2 heteroatoms. The van der Waals surface area contributed by atoms with Gasteiger partial charge < -0.3 is 4.42 Å². The van der Waals surface area contributed by atoms with Crippen LogP contribution in [-0.2, 0) is 0 Å². The van der Waals surface area contributed by atoms with Crippen molar-refractivity contribution in [3.63, 3.8) is 0 Å². The van der Waals surface area contributed by atoms with Crippen molar-refractivity contribution >= 4 is 22.6 Å². The number of benzene rings is 1. The highest BCUT2D eigenvalue weighted by Crippen LogP contribution is 2.27. The van der Waals surface area contributed by atoms with Crippen LogP contribution in [0.15, 0.2) is 28.9 Å². The summed E-state index contributed by atoms with van der Waals surface area (Å²) in [5.74, 6) is 0. The van der Waals surface area contributed by atoms with Gasteiger partial charge in [0.05, 0.1) is 5.02 Å². The number of halogens is 1. The molecule has 1 aromatic heterocycles. The molecule has 0 fully saturated rings. The van der Waals surface area contributed by atoms with Crippen LogP contribution in [-0.4, -0.2) is 0 Å². The van der Waals surface area contributed by atoms with E-state index in [0.29, 0.717) is 5.02 Å². The maximum absolute atomic E-state index is 5.88. The summed E-state index contributed by atoms with van der Waals surface area (Å²) in [6, 6.07) is 5.88. The van der Waals surface area contributed by atoms with Crippen LogP contribution in [0.1, 0.15) is 5.56 Å². The minimum atomic E-state index is 0.693. The van der Waals surface area contributed by atoms with Crippen LogP contribution in [0.25, 0.3) is 11.0 Å². The van der Waals surface area contributed by atoms with Crippen LogP contribution in [0.5, 0.6) is 0 Å². The molecule has 0 aliphatic rings. The van der Waals surface area contributed by atoms with E-state index in [-0.39, 0.29) is 0 Å². The molecule has 56 valence electrons. The molecular weight excluding hydrogens is 160 g/mol.